The van der Waals surface area contributed by atoms with Gasteiger partial charge in [0.05, 0.1) is 10.6 Å². The Labute approximate surface area is 176 Å². The molecule has 3 fully saturated rings. The van der Waals surface area contributed by atoms with Crippen LogP contribution in [0.5, 0.6) is 0 Å². The van der Waals surface area contributed by atoms with Gasteiger partial charge in [-0.2, -0.15) is 0 Å². The van der Waals surface area contributed by atoms with Crippen LogP contribution in [0.15, 0.2) is 18.2 Å². The summed E-state index contributed by atoms with van der Waals surface area (Å²) in [5.74, 6) is -0.428. The van der Waals surface area contributed by atoms with Gasteiger partial charge in [-0.25, -0.2) is 9.18 Å². The number of nitrogens with one attached hydrogen (secondary N) is 1. The molecule has 3 aliphatic rings. The zero-order valence-corrected chi connectivity index (χ0v) is 17.7. The van der Waals surface area contributed by atoms with E-state index < -0.39 is 11.4 Å². The first-order chi connectivity index (χ1) is 13.8. The summed E-state index contributed by atoms with van der Waals surface area (Å²) in [5, 5.41) is 14.3. The predicted molar refractivity (Wildman–Crippen MR) is 110 cm³/mol. The van der Waals surface area contributed by atoms with Gasteiger partial charge in [0.2, 0.25) is 0 Å². The number of aliphatic hydroxyl groups is 1. The fourth-order valence-corrected chi connectivity index (χ4v) is 5.38. The second-order valence-electron chi connectivity index (χ2n) is 9.26. The molecule has 1 aliphatic carbocycles. The van der Waals surface area contributed by atoms with E-state index in [2.05, 4.69) is 12.2 Å². The van der Waals surface area contributed by atoms with Crippen LogP contribution >= 0.6 is 11.6 Å². The summed E-state index contributed by atoms with van der Waals surface area (Å²) in [6, 6.07) is 4.68. The summed E-state index contributed by atoms with van der Waals surface area (Å²) in [6.45, 7) is 4.43. The van der Waals surface area contributed by atoms with E-state index >= 15 is 0 Å². The first kappa shape index (κ1) is 20.9. The molecule has 4 rings (SSSR count). The van der Waals surface area contributed by atoms with Crippen molar-refractivity contribution in [2.75, 3.05) is 26.3 Å². The third-order valence-corrected chi connectivity index (χ3v) is 7.59. The van der Waals surface area contributed by atoms with Gasteiger partial charge in [0.1, 0.15) is 5.82 Å². The summed E-state index contributed by atoms with van der Waals surface area (Å²) >= 11 is 5.94. The SMILES string of the molecule is CC1(Cc2ccc(F)c(Cl)c2)CCCN1C(=O)NCC1(C2(O)CCOCC2)CC1. The van der Waals surface area contributed by atoms with Gasteiger partial charge in [-0.15, -0.1) is 0 Å². The number of likely N-dealkylation sites (tertiary alicyclic amines) is 1. The molecule has 1 unspecified atom stereocenters. The number of hydrogen-bond acceptors (Lipinski definition) is 3. The Morgan fingerprint density at radius 1 is 1.28 bits per heavy atom. The normalized spacial score (nSPS) is 27.7. The molecule has 2 saturated heterocycles. The Hall–Kier alpha value is -1.37. The Morgan fingerprint density at radius 2 is 2.00 bits per heavy atom. The number of amides is 2. The second-order valence-corrected chi connectivity index (χ2v) is 9.67. The number of urea groups is 1. The molecule has 0 spiro atoms. The molecule has 0 radical (unpaired) electrons. The molecule has 2 N–H and O–H groups in total. The number of benzene rings is 1. The number of nitrogens with zero attached hydrogens (tertiary/aromatic N) is 1. The van der Waals surface area contributed by atoms with Gasteiger partial charge in [-0.1, -0.05) is 17.7 Å². The maximum atomic E-state index is 13.5. The molecule has 1 aromatic carbocycles. The molecule has 1 saturated carbocycles. The van der Waals surface area contributed by atoms with Crippen molar-refractivity contribution in [3.8, 4) is 0 Å². The smallest absolute Gasteiger partial charge is 0.317 e. The zero-order chi connectivity index (χ0) is 20.7. The third kappa shape index (κ3) is 3.99. The maximum absolute atomic E-state index is 13.5. The minimum absolute atomic E-state index is 0.0832. The predicted octanol–water partition coefficient (Wildman–Crippen LogP) is 3.91. The third-order valence-electron chi connectivity index (χ3n) is 7.30. The number of ether oxygens (including phenoxy) is 1. The van der Waals surface area contributed by atoms with E-state index in [1.165, 1.54) is 6.07 Å². The lowest BCUT2D eigenvalue weighted by atomic mass is 9.78. The molecule has 2 aliphatic heterocycles. The van der Waals surface area contributed by atoms with Gasteiger partial charge < -0.3 is 20.1 Å². The molecule has 0 aromatic heterocycles. The van der Waals surface area contributed by atoms with Gasteiger partial charge in [0, 0.05) is 50.1 Å². The highest BCUT2D eigenvalue weighted by Crippen LogP contribution is 2.57. The lowest BCUT2D eigenvalue weighted by Gasteiger charge is -2.41. The number of halogens is 2. The van der Waals surface area contributed by atoms with Crippen molar-refractivity contribution >= 4 is 17.6 Å². The van der Waals surface area contributed by atoms with Gasteiger partial charge >= 0.3 is 6.03 Å². The first-order valence-corrected chi connectivity index (χ1v) is 10.9. The van der Waals surface area contributed by atoms with E-state index in [4.69, 9.17) is 16.3 Å². The fourth-order valence-electron chi connectivity index (χ4n) is 5.18. The number of rotatable bonds is 5. The van der Waals surface area contributed by atoms with Gasteiger partial charge in [-0.05, 0) is 56.7 Å². The lowest BCUT2D eigenvalue weighted by molar-refractivity contribution is -0.108. The van der Waals surface area contributed by atoms with Gasteiger partial charge in [-0.3, -0.25) is 0 Å². The Kier molecular flexibility index (Phi) is 5.55. The minimum atomic E-state index is -0.738. The van der Waals surface area contributed by atoms with Crippen molar-refractivity contribution in [3.63, 3.8) is 0 Å². The largest absolute Gasteiger partial charge is 0.389 e. The Morgan fingerprint density at radius 3 is 2.66 bits per heavy atom. The molecular weight excluding hydrogens is 395 g/mol. The van der Waals surface area contributed by atoms with Crippen LogP contribution in [0.3, 0.4) is 0 Å². The summed E-state index contributed by atoms with van der Waals surface area (Å²) in [4.78, 5) is 15.0. The van der Waals surface area contributed by atoms with Crippen molar-refractivity contribution < 1.29 is 19.0 Å². The molecule has 2 amide bonds. The Bertz CT molecular complexity index is 779. The monoisotopic (exact) mass is 424 g/mol. The summed E-state index contributed by atoms with van der Waals surface area (Å²) in [5.41, 5.74) is -0.365. The van der Waals surface area contributed by atoms with Crippen molar-refractivity contribution in [2.45, 2.75) is 63.0 Å². The first-order valence-electron chi connectivity index (χ1n) is 10.6. The van der Waals surface area contributed by atoms with Crippen LogP contribution < -0.4 is 5.32 Å². The molecule has 7 heteroatoms. The van der Waals surface area contributed by atoms with Crippen LogP contribution in [-0.2, 0) is 11.2 Å². The van der Waals surface area contributed by atoms with E-state index in [0.717, 1.165) is 31.2 Å². The molecular formula is C22H30ClFN2O3. The van der Waals surface area contributed by atoms with E-state index in [9.17, 15) is 14.3 Å². The standard InChI is InChI=1S/C22H30ClFN2O3/c1-20(14-16-3-4-18(24)17(23)13-16)5-2-10-26(20)19(27)25-15-21(6-7-21)22(28)8-11-29-12-9-22/h3-4,13,28H,2,5-12,14-15H2,1H3,(H,25,27). The fraction of sp³-hybridized carbons (Fsp3) is 0.682. The molecule has 5 nitrogen and oxygen atoms in total. The average molecular weight is 425 g/mol. The van der Waals surface area contributed by atoms with Crippen molar-refractivity contribution in [2.24, 2.45) is 5.41 Å². The lowest BCUT2D eigenvalue weighted by Crippen LogP contribution is -2.54. The Balaban J connectivity index is 1.40. The zero-order valence-electron chi connectivity index (χ0n) is 17.0. The van der Waals surface area contributed by atoms with E-state index in [1.807, 2.05) is 4.90 Å². The summed E-state index contributed by atoms with van der Waals surface area (Å²) in [7, 11) is 0. The molecule has 29 heavy (non-hydrogen) atoms. The summed E-state index contributed by atoms with van der Waals surface area (Å²) in [6.07, 6.45) is 5.61. The van der Waals surface area contributed by atoms with Crippen LogP contribution in [0.2, 0.25) is 5.02 Å². The van der Waals surface area contributed by atoms with E-state index in [1.54, 1.807) is 12.1 Å². The molecule has 2 heterocycles. The summed E-state index contributed by atoms with van der Waals surface area (Å²) < 4.78 is 18.9. The van der Waals surface area contributed by atoms with Crippen LogP contribution in [0.25, 0.3) is 0 Å². The van der Waals surface area contributed by atoms with Gasteiger partial charge in [0.25, 0.3) is 0 Å². The topological polar surface area (TPSA) is 61.8 Å². The van der Waals surface area contributed by atoms with Gasteiger partial charge in [0.15, 0.2) is 0 Å². The number of carbonyl (C=O) groups excluding carboxylic acids is 1. The minimum Gasteiger partial charge on any atom is -0.389 e. The van der Waals surface area contributed by atoms with Crippen molar-refractivity contribution in [1.29, 1.82) is 0 Å². The van der Waals surface area contributed by atoms with Crippen molar-refractivity contribution in [3.05, 3.63) is 34.6 Å². The second kappa shape index (κ2) is 7.71. The maximum Gasteiger partial charge on any atom is 0.317 e. The van der Waals surface area contributed by atoms with Crippen LogP contribution in [0, 0.1) is 11.2 Å². The number of hydrogen-bond donors (Lipinski definition) is 2. The van der Waals surface area contributed by atoms with Crippen LogP contribution in [-0.4, -0.2) is 53.5 Å². The quantitative estimate of drug-likeness (QED) is 0.753. The highest BCUT2D eigenvalue weighted by atomic mass is 35.5. The molecule has 1 atom stereocenters. The van der Waals surface area contributed by atoms with E-state index in [0.29, 0.717) is 45.6 Å². The van der Waals surface area contributed by atoms with Crippen LogP contribution in [0.4, 0.5) is 9.18 Å². The average Bonchev–Trinajstić information content (AvgIpc) is 3.40. The number of carbonyl (C=O) groups is 1. The highest BCUT2D eigenvalue weighted by Gasteiger charge is 2.58. The van der Waals surface area contributed by atoms with Crippen molar-refractivity contribution in [1.82, 2.24) is 10.2 Å². The van der Waals surface area contributed by atoms with Crippen LogP contribution in [0.1, 0.15) is 51.0 Å². The van der Waals surface area contributed by atoms with E-state index in [-0.39, 0.29) is 22.0 Å². The molecule has 160 valence electrons. The molecule has 0 bridgehead atoms. The molecule has 1 aromatic rings. The highest BCUT2D eigenvalue weighted by molar-refractivity contribution is 6.30.